The average molecular weight is 212 g/mol. The number of hydrogen-bond acceptors (Lipinski definition) is 5. The lowest BCUT2D eigenvalue weighted by Gasteiger charge is -2.12. The molecule has 2 rings (SSSR count). The molecule has 2 N–H and O–H groups in total. The van der Waals surface area contributed by atoms with Crippen molar-refractivity contribution in [2.24, 2.45) is 0 Å². The minimum absolute atomic E-state index is 0.0162. The summed E-state index contributed by atoms with van der Waals surface area (Å²) in [5, 5.41) is 12.6. The minimum Gasteiger partial charge on any atom is -0.444 e. The van der Waals surface area contributed by atoms with Gasteiger partial charge in [-0.1, -0.05) is 0 Å². The first-order valence-corrected chi connectivity index (χ1v) is 5.09. The van der Waals surface area contributed by atoms with Crippen molar-refractivity contribution in [1.82, 2.24) is 10.3 Å². The number of nitrogens with one attached hydrogen (secondary N) is 1. The first kappa shape index (κ1) is 10.6. The van der Waals surface area contributed by atoms with Gasteiger partial charge in [-0.15, -0.1) is 0 Å². The van der Waals surface area contributed by atoms with Gasteiger partial charge in [0.1, 0.15) is 5.76 Å². The summed E-state index contributed by atoms with van der Waals surface area (Å²) in [6.07, 6.45) is -0.429. The third kappa shape index (κ3) is 2.37. The molecule has 0 aromatic carbocycles. The molecular formula is C10H16N2O3. The van der Waals surface area contributed by atoms with Gasteiger partial charge in [0.25, 0.3) is 0 Å². The second-order valence-corrected chi connectivity index (χ2v) is 3.84. The standard InChI is InChI=1S/C10H16N2O3/c1-6-7(2)15-10(12-6)3-11-8-4-14-5-9(8)13/h8-9,11,13H,3-5H2,1-2H3. The van der Waals surface area contributed by atoms with E-state index in [1.807, 2.05) is 13.8 Å². The van der Waals surface area contributed by atoms with Gasteiger partial charge >= 0.3 is 0 Å². The molecule has 0 aliphatic carbocycles. The zero-order chi connectivity index (χ0) is 10.8. The summed E-state index contributed by atoms with van der Waals surface area (Å²) in [6, 6.07) is -0.0162. The third-order valence-corrected chi connectivity index (χ3v) is 2.64. The van der Waals surface area contributed by atoms with Gasteiger partial charge in [-0.3, -0.25) is 0 Å². The van der Waals surface area contributed by atoms with Crippen LogP contribution in [-0.2, 0) is 11.3 Å². The van der Waals surface area contributed by atoms with E-state index >= 15 is 0 Å². The molecule has 2 atom stereocenters. The number of aromatic nitrogens is 1. The quantitative estimate of drug-likeness (QED) is 0.746. The fourth-order valence-electron chi connectivity index (χ4n) is 1.57. The molecule has 0 radical (unpaired) electrons. The fraction of sp³-hybridized carbons (Fsp3) is 0.700. The topological polar surface area (TPSA) is 67.5 Å². The molecule has 0 bridgehead atoms. The Morgan fingerprint density at radius 3 is 2.80 bits per heavy atom. The highest BCUT2D eigenvalue weighted by Crippen LogP contribution is 2.10. The van der Waals surface area contributed by atoms with E-state index < -0.39 is 6.10 Å². The maximum Gasteiger partial charge on any atom is 0.208 e. The predicted octanol–water partition coefficient (Wildman–Crippen LogP) is 0.141. The van der Waals surface area contributed by atoms with Crippen LogP contribution in [0.2, 0.25) is 0 Å². The lowest BCUT2D eigenvalue weighted by molar-refractivity contribution is 0.122. The van der Waals surface area contributed by atoms with Crippen molar-refractivity contribution in [3.8, 4) is 0 Å². The van der Waals surface area contributed by atoms with Crippen molar-refractivity contribution >= 4 is 0 Å². The molecule has 1 aromatic heterocycles. The number of ether oxygens (including phenoxy) is 1. The van der Waals surface area contributed by atoms with Crippen molar-refractivity contribution in [3.05, 3.63) is 17.3 Å². The van der Waals surface area contributed by atoms with Gasteiger partial charge < -0.3 is 19.6 Å². The highest BCUT2D eigenvalue weighted by Gasteiger charge is 2.25. The number of aliphatic hydroxyl groups excluding tert-OH is 1. The summed E-state index contributed by atoms with van der Waals surface area (Å²) in [7, 11) is 0. The lowest BCUT2D eigenvalue weighted by Crippen LogP contribution is -2.38. The average Bonchev–Trinajstić information content (AvgIpc) is 2.72. The Hall–Kier alpha value is -0.910. The van der Waals surface area contributed by atoms with Gasteiger partial charge in [0, 0.05) is 0 Å². The van der Waals surface area contributed by atoms with Gasteiger partial charge in [0.15, 0.2) is 0 Å². The van der Waals surface area contributed by atoms with E-state index in [4.69, 9.17) is 9.15 Å². The molecule has 0 amide bonds. The van der Waals surface area contributed by atoms with E-state index in [2.05, 4.69) is 10.3 Å². The second-order valence-electron chi connectivity index (χ2n) is 3.84. The second kappa shape index (κ2) is 4.30. The van der Waals surface area contributed by atoms with Gasteiger partial charge in [0.2, 0.25) is 5.89 Å². The van der Waals surface area contributed by atoms with Crippen molar-refractivity contribution in [2.45, 2.75) is 32.5 Å². The molecule has 15 heavy (non-hydrogen) atoms. The van der Waals surface area contributed by atoms with Crippen LogP contribution in [0.25, 0.3) is 0 Å². The van der Waals surface area contributed by atoms with E-state index in [0.717, 1.165) is 11.5 Å². The van der Waals surface area contributed by atoms with Crippen LogP contribution >= 0.6 is 0 Å². The SMILES string of the molecule is Cc1nc(CNC2COCC2O)oc1C. The zero-order valence-electron chi connectivity index (χ0n) is 8.99. The van der Waals surface area contributed by atoms with Crippen LogP contribution in [0.1, 0.15) is 17.3 Å². The molecule has 1 saturated heterocycles. The van der Waals surface area contributed by atoms with E-state index in [-0.39, 0.29) is 6.04 Å². The van der Waals surface area contributed by atoms with Crippen molar-refractivity contribution in [1.29, 1.82) is 0 Å². The number of oxazole rings is 1. The predicted molar refractivity (Wildman–Crippen MR) is 53.4 cm³/mol. The lowest BCUT2D eigenvalue weighted by atomic mass is 10.2. The Morgan fingerprint density at radius 1 is 1.47 bits per heavy atom. The number of aryl methyl sites for hydroxylation is 2. The molecule has 0 spiro atoms. The Balaban J connectivity index is 1.87. The number of nitrogens with zero attached hydrogens (tertiary/aromatic N) is 1. The van der Waals surface area contributed by atoms with E-state index in [9.17, 15) is 5.11 Å². The monoisotopic (exact) mass is 212 g/mol. The third-order valence-electron chi connectivity index (χ3n) is 2.64. The number of hydrogen-bond donors (Lipinski definition) is 2. The first-order chi connectivity index (χ1) is 7.16. The smallest absolute Gasteiger partial charge is 0.208 e. The zero-order valence-corrected chi connectivity index (χ0v) is 8.99. The Labute approximate surface area is 88.5 Å². The summed E-state index contributed by atoms with van der Waals surface area (Å²) in [5.74, 6) is 1.50. The highest BCUT2D eigenvalue weighted by molar-refractivity contribution is 5.05. The van der Waals surface area contributed by atoms with Crippen molar-refractivity contribution in [3.63, 3.8) is 0 Å². The van der Waals surface area contributed by atoms with E-state index in [0.29, 0.717) is 25.6 Å². The Kier molecular flexibility index (Phi) is 3.04. The normalized spacial score (nSPS) is 26.1. The first-order valence-electron chi connectivity index (χ1n) is 5.09. The van der Waals surface area contributed by atoms with Crippen LogP contribution < -0.4 is 5.32 Å². The number of rotatable bonds is 3. The molecule has 1 fully saturated rings. The molecule has 84 valence electrons. The van der Waals surface area contributed by atoms with Crippen molar-refractivity contribution in [2.75, 3.05) is 13.2 Å². The van der Waals surface area contributed by atoms with E-state index in [1.54, 1.807) is 0 Å². The van der Waals surface area contributed by atoms with Crippen LogP contribution in [0.3, 0.4) is 0 Å². The summed E-state index contributed by atoms with van der Waals surface area (Å²) in [6.45, 7) is 5.27. The van der Waals surface area contributed by atoms with Crippen LogP contribution in [0, 0.1) is 13.8 Å². The minimum atomic E-state index is -0.429. The molecule has 5 nitrogen and oxygen atoms in total. The van der Waals surface area contributed by atoms with Crippen molar-refractivity contribution < 1.29 is 14.3 Å². The maximum atomic E-state index is 9.49. The molecule has 5 heteroatoms. The molecule has 2 heterocycles. The summed E-state index contributed by atoms with van der Waals surface area (Å²) < 4.78 is 10.5. The largest absolute Gasteiger partial charge is 0.444 e. The summed E-state index contributed by atoms with van der Waals surface area (Å²) >= 11 is 0. The Bertz CT molecular complexity index is 318. The number of aliphatic hydroxyl groups is 1. The van der Waals surface area contributed by atoms with Gasteiger partial charge in [-0.2, -0.15) is 0 Å². The van der Waals surface area contributed by atoms with Crippen LogP contribution in [-0.4, -0.2) is 35.5 Å². The van der Waals surface area contributed by atoms with Crippen LogP contribution in [0.4, 0.5) is 0 Å². The van der Waals surface area contributed by atoms with Gasteiger partial charge in [-0.05, 0) is 13.8 Å². The summed E-state index contributed by atoms with van der Waals surface area (Å²) in [4.78, 5) is 4.24. The molecule has 1 aliphatic heterocycles. The fourth-order valence-corrected chi connectivity index (χ4v) is 1.57. The van der Waals surface area contributed by atoms with Gasteiger partial charge in [0.05, 0.1) is 37.6 Å². The molecule has 1 aliphatic rings. The maximum absolute atomic E-state index is 9.49. The van der Waals surface area contributed by atoms with Crippen LogP contribution in [0.15, 0.2) is 4.42 Å². The molecule has 1 aromatic rings. The molecule has 0 saturated carbocycles. The molecule has 2 unspecified atom stereocenters. The van der Waals surface area contributed by atoms with Crippen LogP contribution in [0.5, 0.6) is 0 Å². The summed E-state index contributed by atoms with van der Waals surface area (Å²) in [5.41, 5.74) is 0.912. The van der Waals surface area contributed by atoms with E-state index in [1.165, 1.54) is 0 Å². The molecular weight excluding hydrogens is 196 g/mol. The Morgan fingerprint density at radius 2 is 2.27 bits per heavy atom. The van der Waals surface area contributed by atoms with Gasteiger partial charge in [-0.25, -0.2) is 4.98 Å². The highest BCUT2D eigenvalue weighted by atomic mass is 16.5.